The summed E-state index contributed by atoms with van der Waals surface area (Å²) >= 11 is 0. The predicted octanol–water partition coefficient (Wildman–Crippen LogP) is 2.14. The van der Waals surface area contributed by atoms with Crippen LogP contribution in [0.4, 0.5) is 0 Å². The van der Waals surface area contributed by atoms with E-state index in [0.29, 0.717) is 25.7 Å². The third-order valence-corrected chi connectivity index (χ3v) is 12.6. The lowest BCUT2D eigenvalue weighted by Gasteiger charge is -2.50. The number of Topliss-reactive ketones (excluding diaryl/α,β-unsaturated/α-hetero) is 2. The topological polar surface area (TPSA) is 124 Å². The Labute approximate surface area is 233 Å². The molecule has 1 saturated carbocycles. The van der Waals surface area contributed by atoms with Crippen molar-refractivity contribution in [3.63, 3.8) is 0 Å². The Bertz CT molecular complexity index is 1260. The zero-order valence-corrected chi connectivity index (χ0v) is 23.9. The maximum absolute atomic E-state index is 14.9. The molecular formula is C30H38O10. The van der Waals surface area contributed by atoms with E-state index in [1.165, 1.54) is 7.11 Å². The van der Waals surface area contributed by atoms with Gasteiger partial charge in [-0.3, -0.25) is 19.2 Å². The SMILES string of the molecule is COC(=O)CC1OC(C)(C)C2CC3OC12CC12CCC4(C)C(=O)C(C)C5C6OC(=O)C(C)C6OC(O1)(C(=O)C32)C54. The molecule has 0 aromatic rings. The van der Waals surface area contributed by atoms with Gasteiger partial charge in [-0.25, -0.2) is 0 Å². The molecule has 1 aliphatic carbocycles. The number of methoxy groups -OCH3 is 1. The van der Waals surface area contributed by atoms with E-state index in [2.05, 4.69) is 0 Å². The number of hydrogen-bond donors (Lipinski definition) is 0. The second-order valence-electron chi connectivity index (χ2n) is 14.6. The van der Waals surface area contributed by atoms with E-state index in [1.54, 1.807) is 6.92 Å². The first-order valence-electron chi connectivity index (χ1n) is 14.8. The van der Waals surface area contributed by atoms with E-state index in [9.17, 15) is 19.2 Å². The molecule has 0 radical (unpaired) electrons. The Morgan fingerprint density at radius 2 is 1.73 bits per heavy atom. The van der Waals surface area contributed by atoms with Gasteiger partial charge in [0.2, 0.25) is 11.6 Å². The second-order valence-corrected chi connectivity index (χ2v) is 14.6. The summed E-state index contributed by atoms with van der Waals surface area (Å²) in [4.78, 5) is 54.1. The van der Waals surface area contributed by atoms with Gasteiger partial charge in [-0.2, -0.15) is 0 Å². The fraction of sp³-hybridized carbons (Fsp3) is 0.867. The molecule has 8 fully saturated rings. The van der Waals surface area contributed by atoms with E-state index in [1.807, 2.05) is 27.7 Å². The average Bonchev–Trinajstić information content (AvgIpc) is 3.54. The summed E-state index contributed by atoms with van der Waals surface area (Å²) in [5, 5.41) is 0. The molecule has 14 atom stereocenters. The summed E-state index contributed by atoms with van der Waals surface area (Å²) in [6.07, 6.45) is -0.196. The van der Waals surface area contributed by atoms with Gasteiger partial charge in [-0.05, 0) is 40.0 Å². The van der Waals surface area contributed by atoms with Crippen LogP contribution in [0.15, 0.2) is 0 Å². The molecule has 0 amide bonds. The third-order valence-electron chi connectivity index (χ3n) is 12.6. The lowest BCUT2D eigenvalue weighted by Crippen LogP contribution is -2.63. The van der Waals surface area contributed by atoms with Gasteiger partial charge >= 0.3 is 11.9 Å². The molecule has 8 rings (SSSR count). The van der Waals surface area contributed by atoms with Gasteiger partial charge in [0.15, 0.2) is 0 Å². The lowest BCUT2D eigenvalue weighted by molar-refractivity contribution is -0.337. The van der Waals surface area contributed by atoms with E-state index in [4.69, 9.17) is 28.4 Å². The molecule has 0 aromatic carbocycles. The zero-order chi connectivity index (χ0) is 28.4. The van der Waals surface area contributed by atoms with Gasteiger partial charge in [-0.15, -0.1) is 0 Å². The summed E-state index contributed by atoms with van der Waals surface area (Å²) in [6.45, 7) is 9.64. The minimum Gasteiger partial charge on any atom is -0.469 e. The zero-order valence-electron chi connectivity index (χ0n) is 23.9. The van der Waals surface area contributed by atoms with Crippen LogP contribution in [0.3, 0.4) is 0 Å². The van der Waals surface area contributed by atoms with Gasteiger partial charge in [-0.1, -0.05) is 13.8 Å². The summed E-state index contributed by atoms with van der Waals surface area (Å²) in [5.74, 6) is -4.99. The highest BCUT2D eigenvalue weighted by Gasteiger charge is 2.85. The van der Waals surface area contributed by atoms with Crippen LogP contribution in [-0.2, 0) is 47.6 Å². The smallest absolute Gasteiger partial charge is 0.311 e. The molecule has 3 spiro atoms. The third kappa shape index (κ3) is 2.63. The first-order valence-corrected chi connectivity index (χ1v) is 14.8. The van der Waals surface area contributed by atoms with E-state index in [0.717, 1.165) is 0 Å². The number of ketones is 2. The van der Waals surface area contributed by atoms with E-state index < -0.39 is 76.1 Å². The number of fused-ring (bicyclic) bond motifs is 4. The molecule has 0 N–H and O–H groups in total. The van der Waals surface area contributed by atoms with Crippen LogP contribution in [0.25, 0.3) is 0 Å². The predicted molar refractivity (Wildman–Crippen MR) is 133 cm³/mol. The number of ether oxygens (including phenoxy) is 6. The number of hydrogen-bond acceptors (Lipinski definition) is 10. The molecule has 7 saturated heterocycles. The van der Waals surface area contributed by atoms with Crippen LogP contribution in [0.1, 0.15) is 66.7 Å². The first-order chi connectivity index (χ1) is 18.7. The fourth-order valence-electron chi connectivity index (χ4n) is 11.0. The van der Waals surface area contributed by atoms with Gasteiger partial charge in [0, 0.05) is 35.5 Å². The van der Waals surface area contributed by atoms with Crippen LogP contribution in [0, 0.1) is 40.9 Å². The van der Waals surface area contributed by atoms with Gasteiger partial charge < -0.3 is 28.4 Å². The molecule has 10 heteroatoms. The van der Waals surface area contributed by atoms with Crippen molar-refractivity contribution in [1.82, 2.24) is 0 Å². The number of rotatable bonds is 2. The molecular weight excluding hydrogens is 520 g/mol. The van der Waals surface area contributed by atoms with Crippen molar-refractivity contribution in [3.8, 4) is 0 Å². The molecule has 8 aliphatic rings. The molecule has 40 heavy (non-hydrogen) atoms. The average molecular weight is 559 g/mol. The Morgan fingerprint density at radius 1 is 0.975 bits per heavy atom. The Kier molecular flexibility index (Phi) is 4.75. The van der Waals surface area contributed by atoms with Crippen molar-refractivity contribution in [1.29, 1.82) is 0 Å². The highest BCUT2D eigenvalue weighted by atomic mass is 16.7. The molecule has 14 unspecified atom stereocenters. The fourth-order valence-corrected chi connectivity index (χ4v) is 11.0. The largest absolute Gasteiger partial charge is 0.469 e. The van der Waals surface area contributed by atoms with Gasteiger partial charge in [0.1, 0.15) is 23.6 Å². The summed E-state index contributed by atoms with van der Waals surface area (Å²) < 4.78 is 38.0. The van der Waals surface area contributed by atoms with Crippen molar-refractivity contribution in [3.05, 3.63) is 0 Å². The van der Waals surface area contributed by atoms with Crippen LogP contribution in [-0.4, -0.2) is 77.6 Å². The van der Waals surface area contributed by atoms with Crippen molar-refractivity contribution < 1.29 is 47.6 Å². The Hall–Kier alpha value is -1.88. The summed E-state index contributed by atoms with van der Waals surface area (Å²) in [6, 6.07) is 0. The molecule has 7 heterocycles. The monoisotopic (exact) mass is 558 g/mol. The van der Waals surface area contributed by atoms with E-state index >= 15 is 0 Å². The molecule has 10 nitrogen and oxygen atoms in total. The normalized spacial score (nSPS) is 58.1. The number of carbonyl (C=O) groups excluding carboxylic acids is 4. The second kappa shape index (κ2) is 7.36. The van der Waals surface area contributed by atoms with Crippen molar-refractivity contribution >= 4 is 23.5 Å². The number of esters is 2. The molecule has 0 aromatic heterocycles. The maximum atomic E-state index is 14.9. The van der Waals surface area contributed by atoms with Crippen LogP contribution < -0.4 is 0 Å². The molecule has 4 bridgehead atoms. The van der Waals surface area contributed by atoms with Crippen LogP contribution >= 0.6 is 0 Å². The minimum absolute atomic E-state index is 0.0403. The molecule has 218 valence electrons. The highest BCUT2D eigenvalue weighted by molar-refractivity contribution is 5.97. The maximum Gasteiger partial charge on any atom is 0.311 e. The quantitative estimate of drug-likeness (QED) is 0.466. The van der Waals surface area contributed by atoms with Crippen LogP contribution in [0.5, 0.6) is 0 Å². The van der Waals surface area contributed by atoms with E-state index in [-0.39, 0.29) is 41.8 Å². The summed E-state index contributed by atoms with van der Waals surface area (Å²) in [5.41, 5.74) is -3.20. The Balaban J connectivity index is 1.27. The van der Waals surface area contributed by atoms with Gasteiger partial charge in [0.25, 0.3) is 0 Å². The summed E-state index contributed by atoms with van der Waals surface area (Å²) in [7, 11) is 1.36. The van der Waals surface area contributed by atoms with Gasteiger partial charge in [0.05, 0.1) is 48.8 Å². The highest BCUT2D eigenvalue weighted by Crippen LogP contribution is 2.73. The van der Waals surface area contributed by atoms with Crippen molar-refractivity contribution in [2.75, 3.05) is 7.11 Å². The molecule has 7 aliphatic heterocycles. The van der Waals surface area contributed by atoms with Crippen molar-refractivity contribution in [2.24, 2.45) is 40.9 Å². The number of carbonyl (C=O) groups is 4. The minimum atomic E-state index is -1.66. The Morgan fingerprint density at radius 3 is 2.45 bits per heavy atom. The lowest BCUT2D eigenvalue weighted by atomic mass is 9.60. The van der Waals surface area contributed by atoms with Crippen molar-refractivity contribution in [2.45, 2.75) is 114 Å². The first kappa shape index (κ1) is 25.8. The van der Waals surface area contributed by atoms with Crippen LogP contribution in [0.2, 0.25) is 0 Å². The standard InChI is InChI=1S/C30H38O10/c1-12-18-21-20(13(2)25(34)36-21)39-30-22(18)27(5,23(12)32)7-8-28(40-30)11-29-15(9-14(37-29)19(28)24(30)33)26(3,4)38-16(29)10-17(31)35-6/h12-16,18-22H,7-11H2,1-6H3.